The Morgan fingerprint density at radius 3 is 1.59 bits per heavy atom. The first-order valence-electron chi connectivity index (χ1n) is 17.4. The fraction of sp³-hybridized carbons (Fsp3) is 0.889. The van der Waals surface area contributed by atoms with Crippen molar-refractivity contribution in [3.8, 4) is 0 Å². The molecule has 8 heteroatoms. The number of carbonyl (C=O) groups excluding carboxylic acids is 2. The summed E-state index contributed by atoms with van der Waals surface area (Å²) in [6.07, 6.45) is 13.5. The van der Waals surface area contributed by atoms with Gasteiger partial charge in [-0.3, -0.25) is 9.59 Å². The number of piperidine rings is 2. The molecule has 250 valence electrons. The molecule has 5 aliphatic rings. The van der Waals surface area contributed by atoms with Gasteiger partial charge in [0.05, 0.1) is 19.1 Å². The maximum Gasteiger partial charge on any atom is 0.313 e. The second-order valence-corrected chi connectivity index (χ2v) is 17.4. The van der Waals surface area contributed by atoms with E-state index in [9.17, 15) is 9.59 Å². The largest absolute Gasteiger partial charge is 0.462 e. The van der Waals surface area contributed by atoms with Gasteiger partial charge in [0.15, 0.2) is 6.29 Å². The Kier molecular flexibility index (Phi) is 9.98. The van der Waals surface area contributed by atoms with Crippen LogP contribution in [0.4, 0.5) is 0 Å². The summed E-state index contributed by atoms with van der Waals surface area (Å²) in [4.78, 5) is 26.1. The molecule has 0 aromatic heterocycles. The molecule has 0 amide bonds. The highest BCUT2D eigenvalue weighted by Gasteiger charge is 2.43. The van der Waals surface area contributed by atoms with Crippen LogP contribution in [0.2, 0.25) is 0 Å². The fourth-order valence-electron chi connectivity index (χ4n) is 9.47. The summed E-state index contributed by atoms with van der Waals surface area (Å²) in [5.74, 6) is 1.24. The SMILES string of the molecule is CC1(C)CC(OC(=O)C2COC(/C=C/C3CCC4CC(C(=O)OC5CC(C)(C)NC(C)(C)C5)CCC4C3)OC2)CC(C)(C)N1. The van der Waals surface area contributed by atoms with Gasteiger partial charge in [-0.05, 0) is 118 Å². The van der Waals surface area contributed by atoms with Crippen molar-refractivity contribution >= 4 is 11.9 Å². The van der Waals surface area contributed by atoms with Gasteiger partial charge in [0, 0.05) is 47.8 Å². The van der Waals surface area contributed by atoms with Crippen LogP contribution in [0, 0.1) is 29.6 Å². The molecule has 3 aliphatic heterocycles. The molecule has 0 aromatic carbocycles. The van der Waals surface area contributed by atoms with Crippen LogP contribution in [-0.2, 0) is 28.5 Å². The zero-order chi connectivity index (χ0) is 31.9. The molecule has 0 spiro atoms. The van der Waals surface area contributed by atoms with Crippen LogP contribution in [-0.4, -0.2) is 65.8 Å². The first kappa shape index (κ1) is 33.9. The van der Waals surface area contributed by atoms with E-state index in [2.05, 4.69) is 72.1 Å². The third-order valence-corrected chi connectivity index (χ3v) is 10.7. The predicted molar refractivity (Wildman–Crippen MR) is 171 cm³/mol. The van der Waals surface area contributed by atoms with Crippen LogP contribution in [0.1, 0.15) is 120 Å². The zero-order valence-electron chi connectivity index (χ0n) is 28.7. The molecule has 0 bridgehead atoms. The molecule has 5 fully saturated rings. The Hall–Kier alpha value is -1.48. The molecule has 4 atom stereocenters. The number of carbonyl (C=O) groups is 2. The normalized spacial score (nSPS) is 37.2. The van der Waals surface area contributed by atoms with Crippen molar-refractivity contribution in [2.45, 2.75) is 160 Å². The molecule has 3 heterocycles. The van der Waals surface area contributed by atoms with Gasteiger partial charge in [0.25, 0.3) is 0 Å². The summed E-state index contributed by atoms with van der Waals surface area (Å²) in [6, 6.07) is 0. The lowest BCUT2D eigenvalue weighted by atomic mass is 9.65. The highest BCUT2D eigenvalue weighted by atomic mass is 16.7. The fourth-order valence-corrected chi connectivity index (χ4v) is 9.47. The van der Waals surface area contributed by atoms with Crippen molar-refractivity contribution < 1.29 is 28.5 Å². The third-order valence-electron chi connectivity index (χ3n) is 10.7. The van der Waals surface area contributed by atoms with E-state index in [1.807, 2.05) is 6.08 Å². The van der Waals surface area contributed by atoms with Crippen LogP contribution >= 0.6 is 0 Å². The molecule has 2 saturated carbocycles. The van der Waals surface area contributed by atoms with E-state index in [-0.39, 0.29) is 58.1 Å². The van der Waals surface area contributed by atoms with Gasteiger partial charge in [0.1, 0.15) is 18.1 Å². The lowest BCUT2D eigenvalue weighted by Gasteiger charge is -2.46. The lowest BCUT2D eigenvalue weighted by molar-refractivity contribution is -0.196. The highest BCUT2D eigenvalue weighted by molar-refractivity contribution is 5.73. The average Bonchev–Trinajstić information content (AvgIpc) is 2.88. The Balaban J connectivity index is 1.02. The van der Waals surface area contributed by atoms with Gasteiger partial charge in [-0.2, -0.15) is 0 Å². The van der Waals surface area contributed by atoms with E-state index in [1.54, 1.807) is 0 Å². The minimum Gasteiger partial charge on any atom is -0.462 e. The minimum absolute atomic E-state index is 0.00763. The van der Waals surface area contributed by atoms with Crippen molar-refractivity contribution in [1.29, 1.82) is 0 Å². The molecule has 0 aromatic rings. The first-order chi connectivity index (χ1) is 20.5. The summed E-state index contributed by atoms with van der Waals surface area (Å²) in [6.45, 7) is 18.1. The van der Waals surface area contributed by atoms with Gasteiger partial charge < -0.3 is 29.6 Å². The predicted octanol–water partition coefficient (Wildman–Crippen LogP) is 6.07. The molecule has 5 rings (SSSR count). The van der Waals surface area contributed by atoms with Crippen molar-refractivity contribution in [2.75, 3.05) is 13.2 Å². The van der Waals surface area contributed by atoms with Crippen LogP contribution in [0.25, 0.3) is 0 Å². The summed E-state index contributed by atoms with van der Waals surface area (Å²) in [5, 5.41) is 7.31. The molecule has 3 saturated heterocycles. The Morgan fingerprint density at radius 2 is 1.07 bits per heavy atom. The number of fused-ring (bicyclic) bond motifs is 1. The quantitative estimate of drug-likeness (QED) is 0.274. The zero-order valence-corrected chi connectivity index (χ0v) is 28.7. The number of hydrogen-bond acceptors (Lipinski definition) is 8. The smallest absolute Gasteiger partial charge is 0.313 e. The second kappa shape index (κ2) is 13.0. The van der Waals surface area contributed by atoms with E-state index >= 15 is 0 Å². The molecule has 2 aliphatic carbocycles. The van der Waals surface area contributed by atoms with E-state index in [1.165, 1.54) is 0 Å². The number of esters is 2. The van der Waals surface area contributed by atoms with Gasteiger partial charge in [-0.1, -0.05) is 6.08 Å². The number of hydrogen-bond donors (Lipinski definition) is 2. The topological polar surface area (TPSA) is 95.1 Å². The molecule has 44 heavy (non-hydrogen) atoms. The number of allylic oxidation sites excluding steroid dienone is 1. The molecule has 0 radical (unpaired) electrons. The van der Waals surface area contributed by atoms with E-state index in [0.717, 1.165) is 64.2 Å². The van der Waals surface area contributed by atoms with E-state index in [4.69, 9.17) is 18.9 Å². The van der Waals surface area contributed by atoms with E-state index < -0.39 is 6.29 Å². The number of nitrogens with one attached hydrogen (secondary N) is 2. The first-order valence-corrected chi connectivity index (χ1v) is 17.4. The van der Waals surface area contributed by atoms with Crippen molar-refractivity contribution in [3.05, 3.63) is 12.2 Å². The second-order valence-electron chi connectivity index (χ2n) is 17.4. The lowest BCUT2D eigenvalue weighted by Crippen LogP contribution is -2.60. The number of rotatable bonds is 6. The molecule has 4 unspecified atom stereocenters. The summed E-state index contributed by atoms with van der Waals surface area (Å²) in [5.41, 5.74) is -0.207. The van der Waals surface area contributed by atoms with Crippen LogP contribution < -0.4 is 10.6 Å². The van der Waals surface area contributed by atoms with E-state index in [0.29, 0.717) is 31.0 Å². The number of ether oxygens (including phenoxy) is 4. The van der Waals surface area contributed by atoms with Crippen molar-refractivity contribution in [1.82, 2.24) is 10.6 Å². The maximum atomic E-state index is 13.2. The Morgan fingerprint density at radius 1 is 0.614 bits per heavy atom. The highest BCUT2D eigenvalue weighted by Crippen LogP contribution is 2.46. The average molecular weight is 617 g/mol. The molecule has 2 N–H and O–H groups in total. The molecular formula is C36H60N2O6. The summed E-state index contributed by atoms with van der Waals surface area (Å²) >= 11 is 0. The maximum absolute atomic E-state index is 13.2. The van der Waals surface area contributed by atoms with Gasteiger partial charge >= 0.3 is 11.9 Å². The summed E-state index contributed by atoms with van der Waals surface area (Å²) in [7, 11) is 0. The minimum atomic E-state index is -0.413. The molecule has 8 nitrogen and oxygen atoms in total. The Labute approximate surface area is 266 Å². The van der Waals surface area contributed by atoms with Crippen LogP contribution in [0.5, 0.6) is 0 Å². The van der Waals surface area contributed by atoms with Crippen LogP contribution in [0.3, 0.4) is 0 Å². The van der Waals surface area contributed by atoms with Gasteiger partial charge in [-0.15, -0.1) is 0 Å². The Bertz CT molecular complexity index is 1030. The van der Waals surface area contributed by atoms with Gasteiger partial charge in [-0.25, -0.2) is 0 Å². The standard InChI is InChI=1S/C36H60N2O6/c1-33(2)17-28(18-34(3,4)37-33)43-31(39)26-13-12-24-15-23(9-11-25(24)16-26)10-14-30-41-21-27(22-42-30)32(40)44-29-19-35(5,6)38-36(7,8)20-29/h10,14,23-30,37-38H,9,11-13,15-22H2,1-8H3/b14-10+. The monoisotopic (exact) mass is 616 g/mol. The third kappa shape index (κ3) is 9.07. The van der Waals surface area contributed by atoms with Crippen LogP contribution in [0.15, 0.2) is 12.2 Å². The summed E-state index contributed by atoms with van der Waals surface area (Å²) < 4.78 is 23.9. The molecular weight excluding hydrogens is 556 g/mol. The van der Waals surface area contributed by atoms with Gasteiger partial charge in [0.2, 0.25) is 0 Å². The van der Waals surface area contributed by atoms with Crippen molar-refractivity contribution in [2.24, 2.45) is 29.6 Å². The van der Waals surface area contributed by atoms with Crippen molar-refractivity contribution in [3.63, 3.8) is 0 Å².